The van der Waals surface area contributed by atoms with Crippen molar-refractivity contribution in [3.63, 3.8) is 0 Å². The molecule has 2 rings (SSSR count). The molecule has 0 aromatic rings. The number of carbonyl (C=O) groups is 1. The number of ether oxygens (including phenoxy) is 1. The number of carbonyl (C=O) groups excluding carboxylic acids is 1. The van der Waals surface area contributed by atoms with E-state index < -0.39 is 0 Å². The standard InChI is InChI=1S/C21H35NO2/c1-3-5-6-20(23)24-19-9-7-17(8-10-19)18-11-14-21(16-22,13-4-2)15-12-18/h17-19H,3-15H2,1-2H3. The van der Waals surface area contributed by atoms with Crippen LogP contribution in [0, 0.1) is 28.6 Å². The van der Waals surface area contributed by atoms with Gasteiger partial charge in [0.15, 0.2) is 0 Å². The van der Waals surface area contributed by atoms with Gasteiger partial charge in [-0.2, -0.15) is 5.26 Å². The van der Waals surface area contributed by atoms with Crippen LogP contribution in [0.4, 0.5) is 0 Å². The lowest BCUT2D eigenvalue weighted by molar-refractivity contribution is -0.151. The van der Waals surface area contributed by atoms with Crippen LogP contribution in [-0.4, -0.2) is 12.1 Å². The van der Waals surface area contributed by atoms with Crippen LogP contribution in [0.3, 0.4) is 0 Å². The topological polar surface area (TPSA) is 50.1 Å². The smallest absolute Gasteiger partial charge is 0.306 e. The summed E-state index contributed by atoms with van der Waals surface area (Å²) in [5, 5.41) is 9.55. The van der Waals surface area contributed by atoms with Gasteiger partial charge >= 0.3 is 5.97 Å². The van der Waals surface area contributed by atoms with Gasteiger partial charge in [0.2, 0.25) is 0 Å². The Kier molecular flexibility index (Phi) is 7.59. The molecule has 0 unspecified atom stereocenters. The fourth-order valence-electron chi connectivity index (χ4n) is 4.80. The van der Waals surface area contributed by atoms with Gasteiger partial charge in [0.05, 0.1) is 11.5 Å². The third-order valence-electron chi connectivity index (χ3n) is 6.37. The molecule has 136 valence electrons. The summed E-state index contributed by atoms with van der Waals surface area (Å²) in [6, 6.07) is 2.63. The molecule has 0 amide bonds. The molecule has 24 heavy (non-hydrogen) atoms. The molecule has 0 saturated heterocycles. The van der Waals surface area contributed by atoms with E-state index in [4.69, 9.17) is 4.74 Å². The molecule has 0 heterocycles. The first kappa shape index (κ1) is 19.3. The minimum atomic E-state index is -0.0305. The quantitative estimate of drug-likeness (QED) is 0.555. The molecular formula is C21H35NO2. The normalized spacial score (nSPS) is 33.6. The van der Waals surface area contributed by atoms with Gasteiger partial charge < -0.3 is 4.74 Å². The summed E-state index contributed by atoms with van der Waals surface area (Å²) >= 11 is 0. The van der Waals surface area contributed by atoms with Gasteiger partial charge in [-0.25, -0.2) is 0 Å². The largest absolute Gasteiger partial charge is 0.462 e. The lowest BCUT2D eigenvalue weighted by Crippen LogP contribution is -2.32. The van der Waals surface area contributed by atoms with Crippen molar-refractivity contribution in [3.05, 3.63) is 0 Å². The maximum absolute atomic E-state index is 11.8. The zero-order valence-electron chi connectivity index (χ0n) is 15.7. The van der Waals surface area contributed by atoms with E-state index in [0.717, 1.165) is 63.2 Å². The van der Waals surface area contributed by atoms with Crippen molar-refractivity contribution >= 4 is 5.97 Å². The van der Waals surface area contributed by atoms with Crippen molar-refractivity contribution in [2.75, 3.05) is 0 Å². The average Bonchev–Trinajstić information content (AvgIpc) is 2.61. The van der Waals surface area contributed by atoms with Gasteiger partial charge in [0.1, 0.15) is 6.10 Å². The first-order valence-electron chi connectivity index (χ1n) is 10.2. The average molecular weight is 334 g/mol. The van der Waals surface area contributed by atoms with E-state index in [1.807, 2.05) is 0 Å². The van der Waals surface area contributed by atoms with Gasteiger partial charge in [-0.05, 0) is 76.0 Å². The van der Waals surface area contributed by atoms with Crippen LogP contribution in [0.1, 0.15) is 97.3 Å². The predicted octanol–water partition coefficient (Wildman–Crippen LogP) is 5.78. The molecule has 0 atom stereocenters. The Balaban J connectivity index is 1.72. The summed E-state index contributed by atoms with van der Waals surface area (Å²) in [4.78, 5) is 11.8. The van der Waals surface area contributed by atoms with E-state index in [9.17, 15) is 10.1 Å². The minimum Gasteiger partial charge on any atom is -0.462 e. The Labute approximate surface area is 148 Å². The highest BCUT2D eigenvalue weighted by Crippen LogP contribution is 2.46. The highest BCUT2D eigenvalue weighted by Gasteiger charge is 2.38. The van der Waals surface area contributed by atoms with E-state index in [1.54, 1.807) is 0 Å². The van der Waals surface area contributed by atoms with Crippen LogP contribution in [-0.2, 0) is 9.53 Å². The van der Waals surface area contributed by atoms with Gasteiger partial charge in [0, 0.05) is 6.42 Å². The maximum atomic E-state index is 11.8. The second-order valence-electron chi connectivity index (χ2n) is 8.11. The molecule has 3 heteroatoms. The van der Waals surface area contributed by atoms with Gasteiger partial charge in [0.25, 0.3) is 0 Å². The number of rotatable bonds is 7. The van der Waals surface area contributed by atoms with E-state index in [2.05, 4.69) is 19.9 Å². The number of unbranched alkanes of at least 4 members (excludes halogenated alkanes) is 1. The Morgan fingerprint density at radius 3 is 2.21 bits per heavy atom. The van der Waals surface area contributed by atoms with Gasteiger partial charge in [-0.1, -0.05) is 26.7 Å². The monoisotopic (exact) mass is 333 g/mol. The molecule has 0 spiro atoms. The third kappa shape index (κ3) is 5.23. The van der Waals surface area contributed by atoms with Crippen molar-refractivity contribution in [2.45, 2.75) is 103 Å². The van der Waals surface area contributed by atoms with Crippen LogP contribution in [0.15, 0.2) is 0 Å². The number of nitrogens with zero attached hydrogens (tertiary/aromatic N) is 1. The maximum Gasteiger partial charge on any atom is 0.306 e. The molecule has 2 fully saturated rings. The summed E-state index contributed by atoms with van der Waals surface area (Å²) < 4.78 is 5.63. The van der Waals surface area contributed by atoms with Crippen molar-refractivity contribution in [1.29, 1.82) is 5.26 Å². The summed E-state index contributed by atoms with van der Waals surface area (Å²) in [6.45, 7) is 4.29. The van der Waals surface area contributed by atoms with Crippen molar-refractivity contribution in [3.8, 4) is 6.07 Å². The van der Waals surface area contributed by atoms with Crippen molar-refractivity contribution < 1.29 is 9.53 Å². The molecule has 0 N–H and O–H groups in total. The lowest BCUT2D eigenvalue weighted by atomic mass is 9.64. The summed E-state index contributed by atoms with van der Waals surface area (Å²) in [5.41, 5.74) is -0.0305. The molecule has 3 nitrogen and oxygen atoms in total. The third-order valence-corrected chi connectivity index (χ3v) is 6.37. The number of esters is 1. The molecule has 2 saturated carbocycles. The number of hydrogen-bond donors (Lipinski definition) is 0. The van der Waals surface area contributed by atoms with Crippen LogP contribution in [0.5, 0.6) is 0 Å². The van der Waals surface area contributed by atoms with Crippen LogP contribution in [0.25, 0.3) is 0 Å². The molecule has 0 aliphatic heterocycles. The predicted molar refractivity (Wildman–Crippen MR) is 96.3 cm³/mol. The second-order valence-corrected chi connectivity index (χ2v) is 8.11. The first-order chi connectivity index (χ1) is 11.6. The fourth-order valence-corrected chi connectivity index (χ4v) is 4.80. The van der Waals surface area contributed by atoms with Gasteiger partial charge in [-0.3, -0.25) is 4.79 Å². The molecule has 0 aromatic carbocycles. The highest BCUT2D eigenvalue weighted by molar-refractivity contribution is 5.69. The van der Waals surface area contributed by atoms with E-state index in [-0.39, 0.29) is 17.5 Å². The second kappa shape index (κ2) is 9.44. The SMILES string of the molecule is CCCCC(=O)OC1CCC(C2CCC(C#N)(CCC)CC2)CC1. The number of nitriles is 1. The fraction of sp³-hybridized carbons (Fsp3) is 0.905. The molecule has 2 aliphatic carbocycles. The Hall–Kier alpha value is -1.04. The number of hydrogen-bond acceptors (Lipinski definition) is 3. The van der Waals surface area contributed by atoms with Crippen LogP contribution < -0.4 is 0 Å². The minimum absolute atomic E-state index is 0.00339. The van der Waals surface area contributed by atoms with Crippen molar-refractivity contribution in [1.82, 2.24) is 0 Å². The summed E-state index contributed by atoms with van der Waals surface area (Å²) in [7, 11) is 0. The molecule has 0 radical (unpaired) electrons. The van der Waals surface area contributed by atoms with Gasteiger partial charge in [-0.15, -0.1) is 0 Å². The summed E-state index contributed by atoms with van der Waals surface area (Å²) in [5.74, 6) is 1.57. The first-order valence-corrected chi connectivity index (χ1v) is 10.2. The van der Waals surface area contributed by atoms with Crippen LogP contribution >= 0.6 is 0 Å². The van der Waals surface area contributed by atoms with Crippen molar-refractivity contribution in [2.24, 2.45) is 17.3 Å². The highest BCUT2D eigenvalue weighted by atomic mass is 16.5. The summed E-state index contributed by atoms with van der Waals surface area (Å²) in [6.07, 6.45) is 14.0. The molecular weight excluding hydrogens is 298 g/mol. The zero-order chi connectivity index (χ0) is 17.4. The molecule has 2 aliphatic rings. The molecule has 0 bridgehead atoms. The molecule has 0 aromatic heterocycles. The Bertz CT molecular complexity index is 424. The zero-order valence-corrected chi connectivity index (χ0v) is 15.7. The van der Waals surface area contributed by atoms with Crippen LogP contribution in [0.2, 0.25) is 0 Å². The van der Waals surface area contributed by atoms with E-state index in [0.29, 0.717) is 6.42 Å². The lowest BCUT2D eigenvalue weighted by Gasteiger charge is -2.40. The Morgan fingerprint density at radius 2 is 1.67 bits per heavy atom. The Morgan fingerprint density at radius 1 is 1.04 bits per heavy atom. The van der Waals surface area contributed by atoms with E-state index in [1.165, 1.54) is 25.7 Å². The van der Waals surface area contributed by atoms with E-state index >= 15 is 0 Å².